The van der Waals surface area contributed by atoms with E-state index in [0.29, 0.717) is 17.2 Å². The topological polar surface area (TPSA) is 93.5 Å². The van der Waals surface area contributed by atoms with Crippen molar-refractivity contribution in [3.8, 4) is 11.3 Å². The molecule has 0 aliphatic rings. The smallest absolute Gasteiger partial charge is 0.356 e. The van der Waals surface area contributed by atoms with Gasteiger partial charge in [-0.3, -0.25) is 0 Å². The number of nitrogens with two attached hydrogens (primary N) is 1. The monoisotopic (exact) mass is 254 g/mol. The third-order valence-electron chi connectivity index (χ3n) is 2.74. The van der Waals surface area contributed by atoms with Crippen LogP contribution < -0.4 is 5.73 Å². The minimum Gasteiger partial charge on any atom is -0.476 e. The van der Waals surface area contributed by atoms with Crippen molar-refractivity contribution >= 4 is 17.4 Å². The highest BCUT2D eigenvalue weighted by Crippen LogP contribution is 2.20. The lowest BCUT2D eigenvalue weighted by molar-refractivity contribution is 0.0690. The summed E-state index contributed by atoms with van der Waals surface area (Å²) >= 11 is 0. The average Bonchev–Trinajstić information content (AvgIpc) is 2.84. The molecule has 0 fully saturated rings. The Bertz CT molecular complexity index is 765. The first-order chi connectivity index (χ1) is 9.15. The van der Waals surface area contributed by atoms with Gasteiger partial charge in [-0.1, -0.05) is 30.3 Å². The zero-order chi connectivity index (χ0) is 13.4. The summed E-state index contributed by atoms with van der Waals surface area (Å²) in [7, 11) is 0. The predicted octanol–water partition coefficient (Wildman–Crippen LogP) is 1.68. The maximum Gasteiger partial charge on any atom is 0.356 e. The average molecular weight is 254 g/mol. The Morgan fingerprint density at radius 3 is 2.63 bits per heavy atom. The van der Waals surface area contributed by atoms with Gasteiger partial charge in [0.25, 0.3) is 0 Å². The largest absolute Gasteiger partial charge is 0.476 e. The minimum atomic E-state index is -1.11. The first-order valence-corrected chi connectivity index (χ1v) is 5.60. The predicted molar refractivity (Wildman–Crippen MR) is 69.8 cm³/mol. The summed E-state index contributed by atoms with van der Waals surface area (Å²) in [6.45, 7) is 0. The fraction of sp³-hybridized carbons (Fsp3) is 0. The van der Waals surface area contributed by atoms with Gasteiger partial charge in [-0.05, 0) is 0 Å². The van der Waals surface area contributed by atoms with Gasteiger partial charge in [0.1, 0.15) is 5.82 Å². The van der Waals surface area contributed by atoms with Gasteiger partial charge in [-0.15, -0.1) is 0 Å². The van der Waals surface area contributed by atoms with E-state index in [9.17, 15) is 4.79 Å². The second-order valence-electron chi connectivity index (χ2n) is 4.04. The van der Waals surface area contributed by atoms with Crippen LogP contribution in [0.3, 0.4) is 0 Å². The van der Waals surface area contributed by atoms with E-state index in [1.807, 2.05) is 30.3 Å². The maximum atomic E-state index is 10.9. The molecule has 2 heterocycles. The maximum absolute atomic E-state index is 10.9. The van der Waals surface area contributed by atoms with Crippen molar-refractivity contribution in [1.82, 2.24) is 14.6 Å². The lowest BCUT2D eigenvalue weighted by Gasteiger charge is -2.03. The Morgan fingerprint density at radius 2 is 1.95 bits per heavy atom. The molecule has 6 nitrogen and oxygen atoms in total. The van der Waals surface area contributed by atoms with Crippen molar-refractivity contribution < 1.29 is 9.90 Å². The summed E-state index contributed by atoms with van der Waals surface area (Å²) in [6, 6.07) is 12.6. The van der Waals surface area contributed by atoms with Crippen LogP contribution >= 0.6 is 0 Å². The van der Waals surface area contributed by atoms with Crippen LogP contribution in [0.5, 0.6) is 0 Å². The van der Waals surface area contributed by atoms with Crippen LogP contribution in [0.2, 0.25) is 0 Å². The summed E-state index contributed by atoms with van der Waals surface area (Å²) in [6.07, 6.45) is 0. The van der Waals surface area contributed by atoms with Crippen molar-refractivity contribution in [2.24, 2.45) is 0 Å². The Balaban J connectivity index is 2.22. The van der Waals surface area contributed by atoms with E-state index in [-0.39, 0.29) is 5.69 Å². The number of benzene rings is 1. The lowest BCUT2D eigenvalue weighted by atomic mass is 10.1. The van der Waals surface area contributed by atoms with Gasteiger partial charge in [-0.2, -0.15) is 9.61 Å². The van der Waals surface area contributed by atoms with Crippen molar-refractivity contribution in [3.05, 3.63) is 48.2 Å². The van der Waals surface area contributed by atoms with E-state index >= 15 is 0 Å². The Hall–Kier alpha value is -2.89. The van der Waals surface area contributed by atoms with Gasteiger partial charge in [-0.25, -0.2) is 9.78 Å². The normalized spacial score (nSPS) is 10.7. The third kappa shape index (κ3) is 1.89. The van der Waals surface area contributed by atoms with Crippen molar-refractivity contribution in [2.45, 2.75) is 0 Å². The fourth-order valence-corrected chi connectivity index (χ4v) is 1.86. The quantitative estimate of drug-likeness (QED) is 0.725. The number of anilines is 1. The molecule has 0 atom stereocenters. The van der Waals surface area contributed by atoms with Crippen molar-refractivity contribution in [2.75, 3.05) is 5.73 Å². The number of rotatable bonds is 2. The van der Waals surface area contributed by atoms with E-state index in [4.69, 9.17) is 10.8 Å². The Morgan fingerprint density at radius 1 is 1.21 bits per heavy atom. The number of carbonyl (C=O) groups is 1. The Labute approximate surface area is 108 Å². The number of fused-ring (bicyclic) bond motifs is 1. The molecule has 0 unspecified atom stereocenters. The van der Waals surface area contributed by atoms with Crippen LogP contribution in [0.15, 0.2) is 42.5 Å². The summed E-state index contributed by atoms with van der Waals surface area (Å²) in [5.41, 5.74) is 7.80. The highest BCUT2D eigenvalue weighted by molar-refractivity contribution is 5.87. The number of aromatic nitrogens is 3. The fourth-order valence-electron chi connectivity index (χ4n) is 1.86. The molecule has 3 rings (SSSR count). The van der Waals surface area contributed by atoms with Crippen molar-refractivity contribution in [1.29, 1.82) is 0 Å². The van der Waals surface area contributed by atoms with Crippen LogP contribution in [0.4, 0.5) is 5.82 Å². The molecule has 6 heteroatoms. The second kappa shape index (κ2) is 4.09. The van der Waals surface area contributed by atoms with E-state index in [2.05, 4.69) is 10.1 Å². The molecular formula is C13H10N4O2. The zero-order valence-corrected chi connectivity index (χ0v) is 9.82. The highest BCUT2D eigenvalue weighted by Gasteiger charge is 2.12. The number of carboxylic acid groups (broad SMARTS) is 1. The first-order valence-electron chi connectivity index (χ1n) is 5.60. The lowest BCUT2D eigenvalue weighted by Crippen LogP contribution is -2.02. The van der Waals surface area contributed by atoms with Gasteiger partial charge < -0.3 is 10.8 Å². The van der Waals surface area contributed by atoms with Crippen LogP contribution in [-0.2, 0) is 0 Å². The molecule has 0 spiro atoms. The summed E-state index contributed by atoms with van der Waals surface area (Å²) in [5.74, 6) is -0.762. The van der Waals surface area contributed by atoms with E-state index in [1.54, 1.807) is 6.07 Å². The molecule has 0 bridgehead atoms. The number of carboxylic acids is 1. The van der Waals surface area contributed by atoms with Gasteiger partial charge >= 0.3 is 5.97 Å². The Kier molecular flexibility index (Phi) is 2.42. The molecule has 0 aliphatic heterocycles. The molecule has 19 heavy (non-hydrogen) atoms. The molecule has 2 aromatic heterocycles. The highest BCUT2D eigenvalue weighted by atomic mass is 16.4. The first kappa shape index (κ1) is 11.2. The summed E-state index contributed by atoms with van der Waals surface area (Å²) in [4.78, 5) is 15.3. The van der Waals surface area contributed by atoms with Gasteiger partial charge in [0.15, 0.2) is 11.3 Å². The molecule has 1 aromatic carbocycles. The number of hydrogen-bond acceptors (Lipinski definition) is 4. The van der Waals surface area contributed by atoms with Gasteiger partial charge in [0, 0.05) is 17.7 Å². The van der Waals surface area contributed by atoms with Crippen molar-refractivity contribution in [3.63, 3.8) is 0 Å². The zero-order valence-electron chi connectivity index (χ0n) is 9.82. The molecule has 3 aromatic rings. The van der Waals surface area contributed by atoms with Crippen LogP contribution in [0, 0.1) is 0 Å². The molecule has 0 amide bonds. The van der Waals surface area contributed by atoms with E-state index in [0.717, 1.165) is 5.56 Å². The molecule has 0 aliphatic carbocycles. The minimum absolute atomic E-state index is 0.0792. The summed E-state index contributed by atoms with van der Waals surface area (Å²) < 4.78 is 1.32. The van der Waals surface area contributed by atoms with E-state index < -0.39 is 5.97 Å². The van der Waals surface area contributed by atoms with Crippen LogP contribution in [-0.4, -0.2) is 25.7 Å². The summed E-state index contributed by atoms with van der Waals surface area (Å²) in [5, 5.41) is 12.8. The molecule has 0 saturated heterocycles. The molecule has 3 N–H and O–H groups in total. The van der Waals surface area contributed by atoms with E-state index in [1.165, 1.54) is 10.6 Å². The van der Waals surface area contributed by atoms with Gasteiger partial charge in [0.2, 0.25) is 0 Å². The third-order valence-corrected chi connectivity index (χ3v) is 2.74. The van der Waals surface area contributed by atoms with Crippen LogP contribution in [0.25, 0.3) is 16.9 Å². The molecular weight excluding hydrogens is 244 g/mol. The number of nitrogens with zero attached hydrogens (tertiary/aromatic N) is 3. The van der Waals surface area contributed by atoms with Crippen LogP contribution in [0.1, 0.15) is 10.5 Å². The number of aromatic carboxylic acids is 1. The molecule has 0 saturated carbocycles. The molecule has 0 radical (unpaired) electrons. The SMILES string of the molecule is Nc1cc(-c2ccccc2)nc2cc(C(=O)O)nn12. The second-order valence-corrected chi connectivity index (χ2v) is 4.04. The van der Waals surface area contributed by atoms with Gasteiger partial charge in [0.05, 0.1) is 5.69 Å². The number of nitrogen functional groups attached to an aromatic ring is 1. The standard InChI is InChI=1S/C13H10N4O2/c14-11-6-9(8-4-2-1-3-5-8)15-12-7-10(13(18)19)16-17(11)12/h1-7H,14H2,(H,18,19). The molecule has 94 valence electrons. The number of hydrogen-bond donors (Lipinski definition) is 2.